The quantitative estimate of drug-likeness (QED) is 0.811. The maximum absolute atomic E-state index is 13.0. The molecule has 0 aromatic heterocycles. The van der Waals surface area contributed by atoms with Crippen molar-refractivity contribution in [1.29, 1.82) is 0 Å². The summed E-state index contributed by atoms with van der Waals surface area (Å²) in [5.74, 6) is -1.14. The number of nitrogens with zero attached hydrogens (tertiary/aromatic N) is 1. The normalized spacial score (nSPS) is 19.0. The maximum atomic E-state index is 13.0. The maximum Gasteiger partial charge on any atom is 0.255 e. The Morgan fingerprint density at radius 3 is 2.78 bits per heavy atom. The topological polar surface area (TPSA) is 63.4 Å². The highest BCUT2D eigenvalue weighted by Gasteiger charge is 2.33. The van der Waals surface area contributed by atoms with Crippen LogP contribution < -0.4 is 5.73 Å². The molecule has 1 saturated heterocycles. The largest absolute Gasteiger partial charge is 0.368 e. The molecule has 1 aromatic carbocycles. The van der Waals surface area contributed by atoms with Crippen LogP contribution >= 0.6 is 22.6 Å². The fourth-order valence-corrected chi connectivity index (χ4v) is 2.83. The molecule has 4 nitrogen and oxygen atoms in total. The summed E-state index contributed by atoms with van der Waals surface area (Å²) in [6.07, 6.45) is 1.36. The average molecular weight is 362 g/mol. The summed E-state index contributed by atoms with van der Waals surface area (Å²) in [6, 6.07) is 3.43. The van der Waals surface area contributed by atoms with Crippen LogP contribution in [0.3, 0.4) is 0 Å². The highest BCUT2D eigenvalue weighted by Crippen LogP contribution is 2.22. The molecular weight excluding hydrogens is 350 g/mol. The van der Waals surface area contributed by atoms with Gasteiger partial charge in [-0.1, -0.05) is 0 Å². The third kappa shape index (κ3) is 2.47. The number of amides is 2. The fraction of sp³-hybridized carbons (Fsp3) is 0.333. The van der Waals surface area contributed by atoms with E-state index in [2.05, 4.69) is 0 Å². The minimum atomic E-state index is -0.543. The van der Waals surface area contributed by atoms with Crippen molar-refractivity contribution in [1.82, 2.24) is 4.90 Å². The Morgan fingerprint density at radius 1 is 1.44 bits per heavy atom. The van der Waals surface area contributed by atoms with E-state index in [4.69, 9.17) is 5.73 Å². The van der Waals surface area contributed by atoms with Crippen molar-refractivity contribution in [2.45, 2.75) is 18.9 Å². The van der Waals surface area contributed by atoms with Gasteiger partial charge in [-0.05, 0) is 53.6 Å². The van der Waals surface area contributed by atoms with E-state index in [1.807, 2.05) is 22.6 Å². The number of hydrogen-bond donors (Lipinski definition) is 1. The molecule has 2 amide bonds. The molecule has 18 heavy (non-hydrogen) atoms. The average Bonchev–Trinajstić information content (AvgIpc) is 2.77. The number of likely N-dealkylation sites (tertiary alicyclic amines) is 1. The number of carbonyl (C=O) groups is 2. The van der Waals surface area contributed by atoms with E-state index in [0.717, 1.165) is 6.42 Å². The molecule has 6 heteroatoms. The van der Waals surface area contributed by atoms with Gasteiger partial charge in [-0.2, -0.15) is 0 Å². The standard InChI is InChI=1S/C12H12FIN2O2/c13-7-3-4-8(9(14)6-7)12(18)16-5-1-2-10(16)11(15)17/h3-4,6,10H,1-2,5H2,(H2,15,17). The number of nitrogens with two attached hydrogens (primary N) is 1. The van der Waals surface area contributed by atoms with E-state index in [1.54, 1.807) is 0 Å². The third-order valence-corrected chi connectivity index (χ3v) is 3.90. The van der Waals surface area contributed by atoms with Gasteiger partial charge in [-0.15, -0.1) is 0 Å². The Kier molecular flexibility index (Phi) is 3.84. The summed E-state index contributed by atoms with van der Waals surface area (Å²) < 4.78 is 13.5. The molecule has 96 valence electrons. The predicted molar refractivity (Wildman–Crippen MR) is 72.4 cm³/mol. The van der Waals surface area contributed by atoms with E-state index in [9.17, 15) is 14.0 Å². The Hall–Kier alpha value is -1.18. The minimum Gasteiger partial charge on any atom is -0.368 e. The monoisotopic (exact) mass is 362 g/mol. The Bertz CT molecular complexity index is 507. The Balaban J connectivity index is 2.28. The van der Waals surface area contributed by atoms with Gasteiger partial charge in [0.05, 0.1) is 5.56 Å². The number of primary amides is 1. The molecule has 0 spiro atoms. The summed E-state index contributed by atoms with van der Waals surface area (Å²) in [7, 11) is 0. The van der Waals surface area contributed by atoms with E-state index in [0.29, 0.717) is 22.1 Å². The van der Waals surface area contributed by atoms with E-state index in [1.165, 1.54) is 23.1 Å². The van der Waals surface area contributed by atoms with E-state index in [-0.39, 0.29) is 11.7 Å². The summed E-state index contributed by atoms with van der Waals surface area (Å²) in [6.45, 7) is 0.514. The second-order valence-corrected chi connectivity index (χ2v) is 5.35. The first-order valence-electron chi connectivity index (χ1n) is 5.56. The van der Waals surface area contributed by atoms with E-state index >= 15 is 0 Å². The molecular formula is C12H12FIN2O2. The number of hydrogen-bond acceptors (Lipinski definition) is 2. The van der Waals surface area contributed by atoms with Gasteiger partial charge in [0.2, 0.25) is 5.91 Å². The number of halogens is 2. The molecule has 1 aliphatic heterocycles. The van der Waals surface area contributed by atoms with Crippen molar-refractivity contribution in [3.05, 3.63) is 33.1 Å². The third-order valence-electron chi connectivity index (χ3n) is 3.00. The predicted octanol–water partition coefficient (Wildman–Crippen LogP) is 1.52. The molecule has 0 bridgehead atoms. The molecule has 0 aliphatic carbocycles. The smallest absolute Gasteiger partial charge is 0.255 e. The number of rotatable bonds is 2. The van der Waals surface area contributed by atoms with Crippen LogP contribution in [0.4, 0.5) is 4.39 Å². The van der Waals surface area contributed by atoms with Gasteiger partial charge in [0.1, 0.15) is 11.9 Å². The lowest BCUT2D eigenvalue weighted by Gasteiger charge is -2.22. The highest BCUT2D eigenvalue weighted by atomic mass is 127. The molecule has 1 heterocycles. The first kappa shape index (κ1) is 13.3. The van der Waals surface area contributed by atoms with Crippen LogP contribution in [0.25, 0.3) is 0 Å². The zero-order valence-electron chi connectivity index (χ0n) is 9.53. The van der Waals surface area contributed by atoms with Gasteiger partial charge in [-0.3, -0.25) is 9.59 Å². The lowest BCUT2D eigenvalue weighted by atomic mass is 10.1. The lowest BCUT2D eigenvalue weighted by molar-refractivity contribution is -0.121. The minimum absolute atomic E-state index is 0.263. The van der Waals surface area contributed by atoms with Crippen LogP contribution in [0.15, 0.2) is 18.2 Å². The second-order valence-electron chi connectivity index (χ2n) is 4.18. The van der Waals surface area contributed by atoms with Crippen LogP contribution in [0, 0.1) is 9.39 Å². The van der Waals surface area contributed by atoms with Crippen LogP contribution in [-0.2, 0) is 4.79 Å². The first-order chi connectivity index (χ1) is 8.50. The van der Waals surface area contributed by atoms with Gasteiger partial charge in [0, 0.05) is 10.1 Å². The molecule has 1 atom stereocenters. The highest BCUT2D eigenvalue weighted by molar-refractivity contribution is 14.1. The molecule has 2 rings (SSSR count). The van der Waals surface area contributed by atoms with Gasteiger partial charge in [-0.25, -0.2) is 4.39 Å². The second kappa shape index (κ2) is 5.21. The number of carbonyl (C=O) groups excluding carboxylic acids is 2. The van der Waals surface area contributed by atoms with Gasteiger partial charge in [0.15, 0.2) is 0 Å². The Labute approximate surface area is 117 Å². The summed E-state index contributed by atoms with van der Waals surface area (Å²) in [4.78, 5) is 25.0. The van der Waals surface area contributed by atoms with Crippen LogP contribution in [0.1, 0.15) is 23.2 Å². The fourth-order valence-electron chi connectivity index (χ4n) is 2.12. The van der Waals surface area contributed by atoms with Crippen LogP contribution in [0.2, 0.25) is 0 Å². The van der Waals surface area contributed by atoms with Crippen molar-refractivity contribution in [3.63, 3.8) is 0 Å². The molecule has 0 saturated carbocycles. The zero-order valence-corrected chi connectivity index (χ0v) is 11.7. The van der Waals surface area contributed by atoms with Crippen molar-refractivity contribution in [2.24, 2.45) is 5.73 Å². The Morgan fingerprint density at radius 2 is 2.17 bits per heavy atom. The molecule has 1 aliphatic rings. The van der Waals surface area contributed by atoms with Crippen molar-refractivity contribution < 1.29 is 14.0 Å². The van der Waals surface area contributed by atoms with Gasteiger partial charge < -0.3 is 10.6 Å². The van der Waals surface area contributed by atoms with Crippen LogP contribution in [0.5, 0.6) is 0 Å². The summed E-state index contributed by atoms with van der Waals surface area (Å²) in [5, 5.41) is 0. The molecule has 1 unspecified atom stereocenters. The SMILES string of the molecule is NC(=O)C1CCCN1C(=O)c1ccc(F)cc1I. The van der Waals surface area contributed by atoms with Crippen molar-refractivity contribution >= 4 is 34.4 Å². The summed E-state index contributed by atoms with van der Waals surface area (Å²) >= 11 is 1.91. The van der Waals surface area contributed by atoms with Gasteiger partial charge >= 0.3 is 0 Å². The summed E-state index contributed by atoms with van der Waals surface area (Å²) in [5.41, 5.74) is 5.68. The molecule has 0 radical (unpaired) electrons. The molecule has 1 fully saturated rings. The van der Waals surface area contributed by atoms with E-state index < -0.39 is 11.9 Å². The lowest BCUT2D eigenvalue weighted by Crippen LogP contribution is -2.43. The number of benzene rings is 1. The zero-order chi connectivity index (χ0) is 13.3. The van der Waals surface area contributed by atoms with Crippen molar-refractivity contribution in [2.75, 3.05) is 6.54 Å². The van der Waals surface area contributed by atoms with Crippen LogP contribution in [-0.4, -0.2) is 29.3 Å². The molecule has 1 aromatic rings. The van der Waals surface area contributed by atoms with Gasteiger partial charge in [0.25, 0.3) is 5.91 Å². The molecule has 2 N–H and O–H groups in total. The van der Waals surface area contributed by atoms with Crippen molar-refractivity contribution in [3.8, 4) is 0 Å². The first-order valence-corrected chi connectivity index (χ1v) is 6.64.